The first-order valence-corrected chi connectivity index (χ1v) is 28.7. The van der Waals surface area contributed by atoms with Crippen LogP contribution in [0.2, 0.25) is 0 Å². The Bertz CT molecular complexity index is 3710. The summed E-state index contributed by atoms with van der Waals surface area (Å²) in [6.07, 6.45) is 2.80. The lowest BCUT2D eigenvalue weighted by Crippen LogP contribution is -2.45. The Hall–Kier alpha value is -11.6. The molecule has 6 rings (SSSR count). The summed E-state index contributed by atoms with van der Waals surface area (Å²) in [5.74, 6) is -6.39. The van der Waals surface area contributed by atoms with Crippen molar-refractivity contribution in [2.45, 2.75) is 69.1 Å². The second kappa shape index (κ2) is 33.6. The van der Waals surface area contributed by atoms with Crippen molar-refractivity contribution in [1.29, 1.82) is 16.2 Å². The highest BCUT2D eigenvalue weighted by Gasteiger charge is 2.30. The van der Waals surface area contributed by atoms with Crippen molar-refractivity contribution < 1.29 is 57.3 Å². The Labute approximate surface area is 528 Å². The molecule has 0 unspecified atom stereocenters. The number of nitrogens with one attached hydrogen (secondary N) is 14. The molecule has 0 aliphatic heterocycles. The van der Waals surface area contributed by atoms with Crippen LogP contribution in [0.15, 0.2) is 103 Å². The summed E-state index contributed by atoms with van der Waals surface area (Å²) in [5.41, 5.74) is 29.7. The molecule has 0 saturated carbocycles. The molecule has 0 radical (unpaired) electrons. The molecule has 488 valence electrons. The van der Waals surface area contributed by atoms with E-state index < -0.39 is 71.4 Å². The second-order valence-corrected chi connectivity index (χ2v) is 20.7. The lowest BCUT2D eigenvalue weighted by molar-refractivity contribution is -0.118. The predicted molar refractivity (Wildman–Crippen MR) is 346 cm³/mol. The molecule has 31 heteroatoms. The molecule has 24 N–H and O–H groups in total. The van der Waals surface area contributed by atoms with Gasteiger partial charge in [-0.2, -0.15) is 0 Å². The molecule has 6 aromatic rings. The fraction of sp³-hybridized carbons (Fsp3) is 0.295. The Morgan fingerprint density at radius 2 is 0.804 bits per heavy atom. The normalized spacial score (nSPS) is 12.0. The number of benzene rings is 5. The van der Waals surface area contributed by atoms with Crippen LogP contribution in [0.25, 0.3) is 10.9 Å². The number of aromatic nitrogens is 1. The molecule has 1 aromatic heterocycles. The number of primary amides is 1. The van der Waals surface area contributed by atoms with Gasteiger partial charge in [0.1, 0.15) is 41.1 Å². The van der Waals surface area contributed by atoms with Crippen LogP contribution >= 0.6 is 0 Å². The molecule has 0 bridgehead atoms. The number of amides is 8. The van der Waals surface area contributed by atoms with Gasteiger partial charge in [-0.3, -0.25) is 54.6 Å². The number of anilines is 4. The van der Waals surface area contributed by atoms with Crippen LogP contribution in [0, 0.1) is 16.2 Å². The van der Waals surface area contributed by atoms with E-state index >= 15 is 0 Å². The summed E-state index contributed by atoms with van der Waals surface area (Å²) in [4.78, 5) is 114. The zero-order chi connectivity index (χ0) is 67.0. The van der Waals surface area contributed by atoms with Crippen LogP contribution in [0.5, 0.6) is 23.0 Å². The SMILES string of the molecule is COc1ccc(NC(=O)[C@@H](CCCNC(=N)N)NC(=O)c2cc(NC(=O)[C@@H](CCCNC(=N)N)NC(=O)c3cc(NC(=O)[C@@H](Cc4c[nH]c5ccccc45)NC(=O)c4cc(NC(=O)[C@H](N)CCCNC(=N)N)ccc4OC)ccc3OC)ccc2OC)cc1C(N)=O. The maximum Gasteiger partial charge on any atom is 0.255 e. The third kappa shape index (κ3) is 19.9. The quantitative estimate of drug-likeness (QED) is 0.0159. The van der Waals surface area contributed by atoms with E-state index in [1.54, 1.807) is 6.20 Å². The predicted octanol–water partition coefficient (Wildman–Crippen LogP) is 1.81. The average Bonchev–Trinajstić information content (AvgIpc) is 1.47. The van der Waals surface area contributed by atoms with E-state index in [0.717, 1.165) is 10.9 Å². The van der Waals surface area contributed by atoms with E-state index in [2.05, 4.69) is 58.2 Å². The molecule has 4 atom stereocenters. The number of fused-ring (bicyclic) bond motifs is 1. The number of aromatic amines is 1. The van der Waals surface area contributed by atoms with Gasteiger partial charge in [0.25, 0.3) is 23.6 Å². The van der Waals surface area contributed by atoms with Crippen molar-refractivity contribution in [2.75, 3.05) is 69.3 Å². The number of hydrogen-bond acceptors (Lipinski definition) is 16. The fourth-order valence-electron chi connectivity index (χ4n) is 9.50. The number of H-pyrrole nitrogens is 1. The number of para-hydroxylation sites is 1. The fourth-order valence-corrected chi connectivity index (χ4v) is 9.50. The van der Waals surface area contributed by atoms with E-state index in [4.69, 9.17) is 63.8 Å². The van der Waals surface area contributed by atoms with Crippen molar-refractivity contribution in [3.63, 3.8) is 0 Å². The van der Waals surface area contributed by atoms with Crippen molar-refractivity contribution in [1.82, 2.24) is 36.9 Å². The molecule has 1 heterocycles. The van der Waals surface area contributed by atoms with Crippen LogP contribution < -0.4 is 101 Å². The van der Waals surface area contributed by atoms with E-state index in [-0.39, 0.29) is 137 Å². The Kier molecular flexibility index (Phi) is 25.4. The summed E-state index contributed by atoms with van der Waals surface area (Å²) in [7, 11) is 5.32. The Morgan fingerprint density at radius 1 is 0.457 bits per heavy atom. The molecular weight excluding hydrogens is 1190 g/mol. The Morgan fingerprint density at radius 3 is 1.20 bits per heavy atom. The van der Waals surface area contributed by atoms with Crippen LogP contribution in [-0.2, 0) is 25.6 Å². The van der Waals surface area contributed by atoms with Gasteiger partial charge in [0.2, 0.25) is 23.6 Å². The van der Waals surface area contributed by atoms with Gasteiger partial charge in [-0.1, -0.05) is 18.2 Å². The van der Waals surface area contributed by atoms with Crippen LogP contribution in [0.4, 0.5) is 22.7 Å². The first kappa shape index (κ1) is 69.5. The number of carbonyl (C=O) groups is 8. The van der Waals surface area contributed by atoms with Gasteiger partial charge in [0, 0.05) is 65.9 Å². The molecule has 0 saturated heterocycles. The van der Waals surface area contributed by atoms with Crippen molar-refractivity contribution in [3.05, 3.63) is 131 Å². The van der Waals surface area contributed by atoms with Crippen molar-refractivity contribution in [3.8, 4) is 23.0 Å². The van der Waals surface area contributed by atoms with Crippen LogP contribution in [0.1, 0.15) is 85.5 Å². The highest BCUT2D eigenvalue weighted by molar-refractivity contribution is 6.08. The van der Waals surface area contributed by atoms with Gasteiger partial charge in [0.05, 0.1) is 56.7 Å². The Balaban J connectivity index is 1.23. The standard InChI is InChI=1S/C61H77N19O12/c1-89-47-19-15-33(27-38(47)51(63)81)75-56(86)44(13-8-24-71-60(66)67)78-52(82)39-29-35(17-21-48(39)90-2)76-57(87)45(14-9-25-72-61(68)69)79-53(83)40-30-36(18-22-49(40)91-3)77-58(88)46(26-32-31-73-43-12-6-5-10-37(32)43)80-54(84)41-28-34(16-20-50(41)92-4)74-55(85)42(62)11-7-23-70-59(64)65/h5-6,10,12,15-22,27-31,42,44-46,73H,7-9,11,13-14,23-26,62H2,1-4H3,(H2,63,81)(H,74,85)(H,75,86)(H,76,87)(H,77,88)(H,78,82)(H,79,83)(H,80,84)(H4,64,65,70)(H4,66,67,71)(H4,68,69,72)/t42-,44-,45-,46-/m1/s1. The first-order chi connectivity index (χ1) is 44.0. The number of hydrogen-bond donors (Lipinski definition) is 19. The van der Waals surface area contributed by atoms with E-state index in [0.29, 0.717) is 18.5 Å². The minimum atomic E-state index is -1.32. The molecule has 0 aliphatic rings. The van der Waals surface area contributed by atoms with Gasteiger partial charge in [-0.05, 0) is 123 Å². The number of nitrogens with two attached hydrogens (primary N) is 5. The zero-order valence-electron chi connectivity index (χ0n) is 51.0. The maximum absolute atomic E-state index is 14.6. The molecule has 92 heavy (non-hydrogen) atoms. The summed E-state index contributed by atoms with van der Waals surface area (Å²) in [5, 5.41) is 50.4. The van der Waals surface area contributed by atoms with Gasteiger partial charge >= 0.3 is 0 Å². The maximum atomic E-state index is 14.6. The molecule has 5 aromatic carbocycles. The molecule has 31 nitrogen and oxygen atoms in total. The number of rotatable bonds is 33. The highest BCUT2D eigenvalue weighted by Crippen LogP contribution is 2.29. The van der Waals surface area contributed by atoms with Crippen molar-refractivity contribution in [2.24, 2.45) is 28.7 Å². The third-order valence-electron chi connectivity index (χ3n) is 14.1. The van der Waals surface area contributed by atoms with Crippen molar-refractivity contribution >= 4 is 98.8 Å². The van der Waals surface area contributed by atoms with Gasteiger partial charge in [0.15, 0.2) is 17.9 Å². The lowest BCUT2D eigenvalue weighted by Gasteiger charge is -2.22. The molecular formula is C61H77N19O12. The van der Waals surface area contributed by atoms with Gasteiger partial charge < -0.3 is 106 Å². The lowest BCUT2D eigenvalue weighted by atomic mass is 10.0. The van der Waals surface area contributed by atoms with Crippen LogP contribution in [0.3, 0.4) is 0 Å². The monoisotopic (exact) mass is 1270 g/mol. The minimum absolute atomic E-state index is 0.0109. The van der Waals surface area contributed by atoms with Gasteiger partial charge in [-0.25, -0.2) is 0 Å². The summed E-state index contributed by atoms with van der Waals surface area (Å²) in [6, 6.07) is 19.5. The summed E-state index contributed by atoms with van der Waals surface area (Å²) >= 11 is 0. The number of methoxy groups -OCH3 is 4. The number of ether oxygens (including phenoxy) is 4. The second-order valence-electron chi connectivity index (χ2n) is 20.7. The van der Waals surface area contributed by atoms with E-state index in [9.17, 15) is 38.4 Å². The topological polar surface area (TPSA) is 511 Å². The molecule has 0 aliphatic carbocycles. The largest absolute Gasteiger partial charge is 0.496 e. The number of guanidine groups is 3. The summed E-state index contributed by atoms with van der Waals surface area (Å²) < 4.78 is 21.8. The highest BCUT2D eigenvalue weighted by atomic mass is 16.5. The smallest absolute Gasteiger partial charge is 0.255 e. The molecule has 8 amide bonds. The number of carbonyl (C=O) groups excluding carboxylic acids is 8. The van der Waals surface area contributed by atoms with Crippen LogP contribution in [-0.4, -0.2) is 142 Å². The van der Waals surface area contributed by atoms with Gasteiger partial charge in [-0.15, -0.1) is 0 Å². The minimum Gasteiger partial charge on any atom is -0.496 e. The molecule has 0 spiro atoms. The first-order valence-electron chi connectivity index (χ1n) is 28.7. The molecule has 0 fully saturated rings. The zero-order valence-corrected chi connectivity index (χ0v) is 51.0. The third-order valence-corrected chi connectivity index (χ3v) is 14.1. The van der Waals surface area contributed by atoms with E-state index in [1.165, 1.54) is 101 Å². The summed E-state index contributed by atoms with van der Waals surface area (Å²) in [6.45, 7) is 0.624. The van der Waals surface area contributed by atoms with E-state index in [1.807, 2.05) is 24.3 Å². The average molecular weight is 1270 g/mol.